The van der Waals surface area contributed by atoms with Gasteiger partial charge in [0.25, 0.3) is 0 Å². The van der Waals surface area contributed by atoms with Crippen molar-refractivity contribution in [1.82, 2.24) is 4.90 Å². The molecule has 0 aromatic heterocycles. The summed E-state index contributed by atoms with van der Waals surface area (Å²) < 4.78 is 38.4. The topological polar surface area (TPSA) is 3.24 Å². The number of likely N-dealkylation sites (tertiary alicyclic amines) is 1. The third-order valence-corrected chi connectivity index (χ3v) is 4.94. The van der Waals surface area contributed by atoms with Gasteiger partial charge in [-0.25, -0.2) is 0 Å². The smallest absolute Gasteiger partial charge is 0.303 e. The highest BCUT2D eigenvalue weighted by Crippen LogP contribution is 2.29. The molecule has 0 N–H and O–H groups in total. The van der Waals surface area contributed by atoms with Gasteiger partial charge in [-0.05, 0) is 55.3 Å². The van der Waals surface area contributed by atoms with Crippen molar-refractivity contribution in [3.63, 3.8) is 0 Å². The van der Waals surface area contributed by atoms with Gasteiger partial charge in [0.1, 0.15) is 0 Å². The number of alkyl halides is 3. The molecular weight excluding hydrogens is 403 g/mol. The summed E-state index contributed by atoms with van der Waals surface area (Å²) in [6.45, 7) is 2.91. The van der Waals surface area contributed by atoms with E-state index in [1.165, 1.54) is 30.5 Å². The molecule has 1 unspecified atom stereocenters. The lowest BCUT2D eigenvalue weighted by Crippen LogP contribution is -2.37. The van der Waals surface area contributed by atoms with Crippen LogP contribution in [0, 0.1) is 5.92 Å². The van der Waals surface area contributed by atoms with Gasteiger partial charge in [0.2, 0.25) is 0 Å². The van der Waals surface area contributed by atoms with Crippen LogP contribution in [0.3, 0.4) is 0 Å². The van der Waals surface area contributed by atoms with Crippen molar-refractivity contribution in [2.45, 2.75) is 31.9 Å². The predicted octanol–water partition coefficient (Wildman–Crippen LogP) is 5.78. The molecule has 2 aromatic carbocycles. The second-order valence-electron chi connectivity index (χ2n) is 6.95. The van der Waals surface area contributed by atoms with Crippen LogP contribution in [0.2, 0.25) is 0 Å². The van der Waals surface area contributed by atoms with Gasteiger partial charge in [-0.15, -0.1) is 17.0 Å². The Hall–Kier alpha value is -1.33. The lowest BCUT2D eigenvalue weighted by molar-refractivity contribution is -0.137. The third kappa shape index (κ3) is 6.13. The molecule has 0 saturated carbocycles. The van der Waals surface area contributed by atoms with Crippen LogP contribution in [-0.2, 0) is 19.0 Å². The van der Waals surface area contributed by atoms with Crippen LogP contribution in [0.4, 0.5) is 13.2 Å². The highest BCUT2D eigenvalue weighted by atomic mass is 79.9. The lowest BCUT2D eigenvalue weighted by Gasteiger charge is -2.33. The van der Waals surface area contributed by atoms with Gasteiger partial charge < -0.3 is 4.90 Å². The highest BCUT2D eigenvalue weighted by molar-refractivity contribution is 8.93. The van der Waals surface area contributed by atoms with Crippen molar-refractivity contribution in [2.24, 2.45) is 5.92 Å². The Bertz CT molecular complexity index is 672. The summed E-state index contributed by atoms with van der Waals surface area (Å²) >= 11 is 0. The molecule has 0 spiro atoms. The van der Waals surface area contributed by atoms with Crippen LogP contribution in [0.5, 0.6) is 0 Å². The number of hydrogen-bond donors (Lipinski definition) is 0. The summed E-state index contributed by atoms with van der Waals surface area (Å²) in [5.74, 6) is 0.637. The van der Waals surface area contributed by atoms with Crippen LogP contribution in [0.15, 0.2) is 54.6 Å². The summed E-state index contributed by atoms with van der Waals surface area (Å²) in [4.78, 5) is 2.40. The molecule has 5 heteroatoms. The highest BCUT2D eigenvalue weighted by Gasteiger charge is 2.30. The van der Waals surface area contributed by atoms with Gasteiger partial charge in [0.15, 0.2) is 0 Å². The average Bonchev–Trinajstić information content (AvgIpc) is 2.61. The first-order chi connectivity index (χ1) is 12.0. The Morgan fingerprint density at radius 2 is 1.69 bits per heavy atom. The number of nitrogens with zero attached hydrogens (tertiary/aromatic N) is 1. The second kappa shape index (κ2) is 9.56. The van der Waals surface area contributed by atoms with E-state index in [0.29, 0.717) is 12.3 Å². The standard InChI is InChI=1S/C21H24F3N.BrH/c22-21(23,24)20-10-4-8-18(15-20)11-13-25-12-5-9-19(16-25)14-17-6-2-1-3-7-17;/h1-4,6-8,10,15,19H,5,9,11-14,16H2;1H. The minimum Gasteiger partial charge on any atom is -0.303 e. The maximum absolute atomic E-state index is 12.8. The van der Waals surface area contributed by atoms with Crippen LogP contribution >= 0.6 is 17.0 Å². The summed E-state index contributed by atoms with van der Waals surface area (Å²) in [7, 11) is 0. The number of rotatable bonds is 5. The molecule has 1 heterocycles. The Morgan fingerprint density at radius 3 is 2.42 bits per heavy atom. The van der Waals surface area contributed by atoms with Gasteiger partial charge in [0, 0.05) is 13.1 Å². The summed E-state index contributed by atoms with van der Waals surface area (Å²) in [5, 5.41) is 0. The fraction of sp³-hybridized carbons (Fsp3) is 0.429. The summed E-state index contributed by atoms with van der Waals surface area (Å²) in [5.41, 5.74) is 1.58. The zero-order valence-corrected chi connectivity index (χ0v) is 16.4. The molecule has 0 amide bonds. The second-order valence-corrected chi connectivity index (χ2v) is 6.95. The fourth-order valence-corrected chi connectivity index (χ4v) is 3.66. The van der Waals surface area contributed by atoms with E-state index in [1.807, 2.05) is 6.07 Å². The zero-order chi connectivity index (χ0) is 17.7. The first-order valence-corrected chi connectivity index (χ1v) is 8.93. The maximum Gasteiger partial charge on any atom is 0.416 e. The minimum absolute atomic E-state index is 0. The van der Waals surface area contributed by atoms with Crippen LogP contribution in [0.25, 0.3) is 0 Å². The number of piperidine rings is 1. The minimum atomic E-state index is -4.26. The molecule has 3 rings (SSSR count). The van der Waals surface area contributed by atoms with Gasteiger partial charge >= 0.3 is 6.18 Å². The van der Waals surface area contributed by atoms with E-state index in [0.717, 1.165) is 37.7 Å². The van der Waals surface area contributed by atoms with Crippen molar-refractivity contribution in [3.8, 4) is 0 Å². The first kappa shape index (κ1) is 21.0. The Labute approximate surface area is 164 Å². The summed E-state index contributed by atoms with van der Waals surface area (Å²) in [6, 6.07) is 16.2. The molecule has 1 aliphatic heterocycles. The zero-order valence-electron chi connectivity index (χ0n) is 14.7. The molecule has 26 heavy (non-hydrogen) atoms. The van der Waals surface area contributed by atoms with Crippen LogP contribution in [-0.4, -0.2) is 24.5 Å². The average molecular weight is 428 g/mol. The summed E-state index contributed by atoms with van der Waals surface area (Å²) in [6.07, 6.45) is -0.111. The quantitative estimate of drug-likeness (QED) is 0.584. The first-order valence-electron chi connectivity index (χ1n) is 8.93. The third-order valence-electron chi connectivity index (χ3n) is 4.94. The van der Waals surface area contributed by atoms with Crippen molar-refractivity contribution < 1.29 is 13.2 Å². The number of hydrogen-bond acceptors (Lipinski definition) is 1. The number of benzene rings is 2. The van der Waals surface area contributed by atoms with Gasteiger partial charge in [-0.2, -0.15) is 13.2 Å². The number of halogens is 4. The Morgan fingerprint density at radius 1 is 0.962 bits per heavy atom. The Kier molecular flexibility index (Phi) is 7.71. The van der Waals surface area contributed by atoms with Gasteiger partial charge in [0.05, 0.1) is 5.56 Å². The van der Waals surface area contributed by atoms with Crippen molar-refractivity contribution in [1.29, 1.82) is 0 Å². The molecule has 0 radical (unpaired) electrons. The van der Waals surface area contributed by atoms with E-state index in [4.69, 9.17) is 0 Å². The van der Waals surface area contributed by atoms with E-state index in [1.54, 1.807) is 6.07 Å². The van der Waals surface area contributed by atoms with E-state index in [-0.39, 0.29) is 17.0 Å². The molecule has 1 nitrogen and oxygen atoms in total. The molecule has 1 fully saturated rings. The molecule has 1 saturated heterocycles. The van der Waals surface area contributed by atoms with Crippen LogP contribution in [0.1, 0.15) is 29.5 Å². The normalized spacial score (nSPS) is 18.3. The predicted molar refractivity (Wildman–Crippen MR) is 105 cm³/mol. The van der Waals surface area contributed by atoms with E-state index in [9.17, 15) is 13.2 Å². The van der Waals surface area contributed by atoms with Crippen molar-refractivity contribution in [3.05, 3.63) is 71.3 Å². The van der Waals surface area contributed by atoms with Gasteiger partial charge in [-0.1, -0.05) is 48.5 Å². The van der Waals surface area contributed by atoms with E-state index < -0.39 is 11.7 Å². The monoisotopic (exact) mass is 427 g/mol. The molecule has 1 aliphatic rings. The molecule has 0 aliphatic carbocycles. The van der Waals surface area contributed by atoms with Crippen molar-refractivity contribution in [2.75, 3.05) is 19.6 Å². The fourth-order valence-electron chi connectivity index (χ4n) is 3.66. The van der Waals surface area contributed by atoms with Crippen molar-refractivity contribution >= 4 is 17.0 Å². The lowest BCUT2D eigenvalue weighted by atomic mass is 9.91. The molecule has 1 atom stereocenters. The largest absolute Gasteiger partial charge is 0.416 e. The molecular formula is C21H25BrF3N. The molecule has 0 bridgehead atoms. The maximum atomic E-state index is 12.8. The SMILES string of the molecule is Br.FC(F)(F)c1cccc(CCN2CCCC(Cc3ccccc3)C2)c1. The van der Waals surface area contributed by atoms with Crippen LogP contribution < -0.4 is 0 Å². The van der Waals surface area contributed by atoms with E-state index in [2.05, 4.69) is 29.2 Å². The molecule has 2 aromatic rings. The van der Waals surface area contributed by atoms with Gasteiger partial charge in [-0.3, -0.25) is 0 Å². The molecule has 142 valence electrons. The van der Waals surface area contributed by atoms with E-state index >= 15 is 0 Å². The Balaban J connectivity index is 0.00000243.